The van der Waals surface area contributed by atoms with Gasteiger partial charge in [0.15, 0.2) is 0 Å². The van der Waals surface area contributed by atoms with Gasteiger partial charge in [-0.3, -0.25) is 4.98 Å². The third-order valence-corrected chi connectivity index (χ3v) is 4.00. The van der Waals surface area contributed by atoms with Crippen molar-refractivity contribution in [3.63, 3.8) is 0 Å². The number of hydrogen-bond acceptors (Lipinski definition) is 4. The number of aliphatic hydroxyl groups excluding tert-OH is 1. The molecule has 0 aliphatic carbocycles. The van der Waals surface area contributed by atoms with E-state index in [1.54, 1.807) is 12.3 Å². The monoisotopic (exact) mass is 290 g/mol. The van der Waals surface area contributed by atoms with Crippen LogP contribution in [0.4, 0.5) is 4.39 Å². The van der Waals surface area contributed by atoms with Crippen LogP contribution in [0.25, 0.3) is 10.9 Å². The molecule has 3 atom stereocenters. The molecule has 2 heterocycles. The second-order valence-corrected chi connectivity index (χ2v) is 5.61. The number of nitrogens with zero attached hydrogens (tertiary/aromatic N) is 1. The molecule has 3 rings (SSSR count). The fourth-order valence-electron chi connectivity index (χ4n) is 2.81. The number of aromatic nitrogens is 1. The molecule has 0 bridgehead atoms. The van der Waals surface area contributed by atoms with Gasteiger partial charge in [-0.1, -0.05) is 0 Å². The summed E-state index contributed by atoms with van der Waals surface area (Å²) >= 11 is 0. The molecule has 2 aromatic rings. The lowest BCUT2D eigenvalue weighted by Crippen LogP contribution is -2.41. The maximum absolute atomic E-state index is 13.4. The summed E-state index contributed by atoms with van der Waals surface area (Å²) in [4.78, 5) is 4.22. The predicted octanol–water partition coefficient (Wildman–Crippen LogP) is 1.78. The van der Waals surface area contributed by atoms with Crippen LogP contribution in [-0.4, -0.2) is 34.9 Å². The van der Waals surface area contributed by atoms with Crippen LogP contribution in [0.1, 0.15) is 18.4 Å². The number of hydrogen-bond donors (Lipinski definition) is 2. The molecule has 4 nitrogen and oxygen atoms in total. The molecular formula is C16H19FN2O2. The largest absolute Gasteiger partial charge is 0.390 e. The fourth-order valence-corrected chi connectivity index (χ4v) is 2.81. The lowest BCUT2D eigenvalue weighted by molar-refractivity contribution is -0.0671. The van der Waals surface area contributed by atoms with Gasteiger partial charge in [-0.15, -0.1) is 0 Å². The normalized spacial score (nSPS) is 24.1. The number of ether oxygens (including phenoxy) is 1. The summed E-state index contributed by atoms with van der Waals surface area (Å²) in [6, 6.07) is 6.38. The van der Waals surface area contributed by atoms with E-state index < -0.39 is 6.10 Å². The minimum atomic E-state index is -0.619. The molecule has 1 aromatic heterocycles. The Morgan fingerprint density at radius 3 is 3.00 bits per heavy atom. The van der Waals surface area contributed by atoms with E-state index in [9.17, 15) is 9.50 Å². The Labute approximate surface area is 122 Å². The van der Waals surface area contributed by atoms with Crippen molar-refractivity contribution in [3.05, 3.63) is 41.8 Å². The summed E-state index contributed by atoms with van der Waals surface area (Å²) in [5.74, 6) is -0.300. The van der Waals surface area contributed by atoms with E-state index in [0.29, 0.717) is 13.0 Å². The highest BCUT2D eigenvalue weighted by molar-refractivity contribution is 5.82. The van der Waals surface area contributed by atoms with Crippen molar-refractivity contribution in [1.29, 1.82) is 0 Å². The first kappa shape index (κ1) is 14.4. The molecule has 0 amide bonds. The molecule has 1 aliphatic rings. The van der Waals surface area contributed by atoms with Gasteiger partial charge in [-0.05, 0) is 42.7 Å². The summed E-state index contributed by atoms with van der Waals surface area (Å²) in [7, 11) is 0. The summed E-state index contributed by atoms with van der Waals surface area (Å²) in [5.41, 5.74) is 7.39. The molecule has 112 valence electrons. The highest BCUT2D eigenvalue weighted by Gasteiger charge is 2.26. The first-order chi connectivity index (χ1) is 10.1. The van der Waals surface area contributed by atoms with Gasteiger partial charge in [0, 0.05) is 24.0 Å². The van der Waals surface area contributed by atoms with Crippen molar-refractivity contribution in [2.24, 2.45) is 5.73 Å². The Kier molecular flexibility index (Phi) is 4.14. The van der Waals surface area contributed by atoms with E-state index in [1.165, 1.54) is 12.1 Å². The Bertz CT molecular complexity index is 627. The third-order valence-electron chi connectivity index (χ3n) is 4.00. The van der Waals surface area contributed by atoms with E-state index in [2.05, 4.69) is 4.98 Å². The van der Waals surface area contributed by atoms with Gasteiger partial charge in [-0.2, -0.15) is 0 Å². The molecule has 1 fully saturated rings. The zero-order chi connectivity index (χ0) is 14.8. The van der Waals surface area contributed by atoms with Gasteiger partial charge in [0.2, 0.25) is 0 Å². The van der Waals surface area contributed by atoms with Crippen LogP contribution in [0.15, 0.2) is 30.5 Å². The average Bonchev–Trinajstić information content (AvgIpc) is 2.48. The van der Waals surface area contributed by atoms with Crippen molar-refractivity contribution < 1.29 is 14.2 Å². The van der Waals surface area contributed by atoms with Crippen LogP contribution in [-0.2, 0) is 11.2 Å². The van der Waals surface area contributed by atoms with Gasteiger partial charge in [-0.25, -0.2) is 4.39 Å². The zero-order valence-electron chi connectivity index (χ0n) is 11.7. The number of nitrogens with two attached hydrogens (primary N) is 1. The molecule has 0 saturated carbocycles. The Morgan fingerprint density at radius 1 is 1.38 bits per heavy atom. The molecule has 1 aromatic carbocycles. The van der Waals surface area contributed by atoms with Crippen molar-refractivity contribution in [2.45, 2.75) is 37.5 Å². The minimum Gasteiger partial charge on any atom is -0.390 e. The number of rotatable bonds is 3. The van der Waals surface area contributed by atoms with E-state index in [1.807, 2.05) is 6.07 Å². The predicted molar refractivity (Wildman–Crippen MR) is 78.4 cm³/mol. The lowest BCUT2D eigenvalue weighted by Gasteiger charge is -2.30. The van der Waals surface area contributed by atoms with Gasteiger partial charge < -0.3 is 15.6 Å². The molecule has 0 spiro atoms. The molecule has 1 aliphatic heterocycles. The van der Waals surface area contributed by atoms with Gasteiger partial charge >= 0.3 is 0 Å². The molecule has 3 N–H and O–H groups in total. The molecule has 1 saturated heterocycles. The van der Waals surface area contributed by atoms with Crippen molar-refractivity contribution in [1.82, 2.24) is 4.98 Å². The maximum atomic E-state index is 13.4. The summed E-state index contributed by atoms with van der Waals surface area (Å²) in [6.07, 6.45) is 2.88. The van der Waals surface area contributed by atoms with Crippen molar-refractivity contribution >= 4 is 10.9 Å². The summed E-state index contributed by atoms with van der Waals surface area (Å²) < 4.78 is 19.0. The number of pyridine rings is 1. The topological polar surface area (TPSA) is 68.4 Å². The molecular weight excluding hydrogens is 271 g/mol. The minimum absolute atomic E-state index is 0.0595. The number of halogens is 1. The zero-order valence-corrected chi connectivity index (χ0v) is 11.7. The Morgan fingerprint density at radius 2 is 2.24 bits per heavy atom. The lowest BCUT2D eigenvalue weighted by atomic mass is 9.95. The van der Waals surface area contributed by atoms with Gasteiger partial charge in [0.25, 0.3) is 0 Å². The summed E-state index contributed by atoms with van der Waals surface area (Å²) in [6.45, 7) is 0.480. The highest BCUT2D eigenvalue weighted by Crippen LogP contribution is 2.23. The van der Waals surface area contributed by atoms with E-state index in [-0.39, 0.29) is 18.0 Å². The van der Waals surface area contributed by atoms with Crippen LogP contribution in [0.2, 0.25) is 0 Å². The van der Waals surface area contributed by atoms with Gasteiger partial charge in [0.05, 0.1) is 24.3 Å². The number of fused-ring (bicyclic) bond motifs is 1. The first-order valence-corrected chi connectivity index (χ1v) is 7.22. The second kappa shape index (κ2) is 6.05. The van der Waals surface area contributed by atoms with Gasteiger partial charge in [0.1, 0.15) is 5.82 Å². The Balaban J connectivity index is 1.79. The number of benzene rings is 1. The van der Waals surface area contributed by atoms with E-state index in [0.717, 1.165) is 29.3 Å². The van der Waals surface area contributed by atoms with Crippen molar-refractivity contribution in [3.8, 4) is 0 Å². The van der Waals surface area contributed by atoms with E-state index >= 15 is 0 Å². The highest BCUT2D eigenvalue weighted by atomic mass is 19.1. The molecule has 0 radical (unpaired) electrons. The first-order valence-electron chi connectivity index (χ1n) is 7.22. The van der Waals surface area contributed by atoms with Crippen LogP contribution < -0.4 is 5.73 Å². The van der Waals surface area contributed by atoms with Crippen LogP contribution in [0, 0.1) is 5.82 Å². The number of aliphatic hydroxyl groups is 1. The third kappa shape index (κ3) is 3.20. The smallest absolute Gasteiger partial charge is 0.123 e. The van der Waals surface area contributed by atoms with Crippen LogP contribution in [0.5, 0.6) is 0 Å². The second-order valence-electron chi connectivity index (χ2n) is 5.61. The van der Waals surface area contributed by atoms with Crippen LogP contribution in [0.3, 0.4) is 0 Å². The molecule has 5 heteroatoms. The van der Waals surface area contributed by atoms with Crippen molar-refractivity contribution in [2.75, 3.05) is 6.61 Å². The molecule has 21 heavy (non-hydrogen) atoms. The van der Waals surface area contributed by atoms with E-state index in [4.69, 9.17) is 10.5 Å². The standard InChI is InChI=1S/C16H19FN2O2/c17-11-1-3-14-13(8-11)10(5-6-19-14)7-15(20)16-4-2-12(18)9-21-16/h1,3,5-6,8,12,15-16,20H,2,4,7,9,18H2/t12-,15?,16+/m1/s1. The SMILES string of the molecule is N[C@@H]1CC[C@@H](C(O)Cc2ccnc3ccc(F)cc23)OC1. The Hall–Kier alpha value is -1.56. The fraction of sp³-hybridized carbons (Fsp3) is 0.438. The maximum Gasteiger partial charge on any atom is 0.123 e. The summed E-state index contributed by atoms with van der Waals surface area (Å²) in [5, 5.41) is 11.1. The quantitative estimate of drug-likeness (QED) is 0.904. The molecule has 1 unspecified atom stereocenters. The average molecular weight is 290 g/mol. The van der Waals surface area contributed by atoms with Crippen LogP contribution >= 0.6 is 0 Å².